The van der Waals surface area contributed by atoms with E-state index in [-0.39, 0.29) is 18.1 Å². The van der Waals surface area contributed by atoms with Gasteiger partial charge in [-0.3, -0.25) is 14.4 Å². The van der Waals surface area contributed by atoms with Crippen LogP contribution in [0.25, 0.3) is 16.0 Å². The molecule has 1 aliphatic rings. The van der Waals surface area contributed by atoms with E-state index in [2.05, 4.69) is 15.5 Å². The number of aliphatic hydroxyl groups is 2. The highest BCUT2D eigenvalue weighted by Gasteiger charge is 2.54. The van der Waals surface area contributed by atoms with Crippen LogP contribution in [0.1, 0.15) is 30.6 Å². The zero-order chi connectivity index (χ0) is 25.6. The number of hydrogen-bond acceptors (Lipinski definition) is 6. The van der Waals surface area contributed by atoms with Gasteiger partial charge in [0.05, 0.1) is 32.4 Å². The Bertz CT molecular complexity index is 1120. The smallest absolute Gasteiger partial charge is 0.252 e. The molecule has 4 N–H and O–H groups in total. The molecule has 2 aromatic rings. The molecule has 0 aromatic heterocycles. The third-order valence-electron chi connectivity index (χ3n) is 5.80. The van der Waals surface area contributed by atoms with Crippen LogP contribution in [-0.4, -0.2) is 65.3 Å². The van der Waals surface area contributed by atoms with E-state index in [0.717, 1.165) is 11.1 Å². The number of carbonyl (C=O) groups excluding carboxylic acids is 3. The second kappa shape index (κ2) is 11.2. The fourth-order valence-corrected chi connectivity index (χ4v) is 3.70. The molecule has 3 atom stereocenters. The minimum absolute atomic E-state index is 0.0625. The van der Waals surface area contributed by atoms with Gasteiger partial charge in [0.15, 0.2) is 17.1 Å². The molecule has 35 heavy (non-hydrogen) atoms. The number of rotatable bonds is 11. The Morgan fingerprint density at radius 2 is 1.74 bits per heavy atom. The maximum atomic E-state index is 12.9. The van der Waals surface area contributed by atoms with Crippen molar-refractivity contribution in [2.45, 2.75) is 38.0 Å². The highest BCUT2D eigenvalue weighted by molar-refractivity contribution is 6.00. The number of ketones is 1. The topological polar surface area (TPSA) is 133 Å². The summed E-state index contributed by atoms with van der Waals surface area (Å²) in [5.41, 5.74) is 1.06. The summed E-state index contributed by atoms with van der Waals surface area (Å²) in [5.74, 6) is -1.64. The number of amides is 2. The predicted octanol–water partition coefficient (Wildman–Crippen LogP) is 1.86. The molecule has 1 saturated heterocycles. The van der Waals surface area contributed by atoms with E-state index < -0.39 is 48.5 Å². The van der Waals surface area contributed by atoms with E-state index >= 15 is 0 Å². The molecule has 1 fully saturated rings. The van der Waals surface area contributed by atoms with E-state index in [1.54, 1.807) is 42.5 Å². The van der Waals surface area contributed by atoms with Gasteiger partial charge >= 0.3 is 0 Å². The van der Waals surface area contributed by atoms with Gasteiger partial charge in [-0.2, -0.15) is 0 Å². The zero-order valence-electron chi connectivity index (χ0n) is 19.7. The molecule has 1 heterocycles. The number of ether oxygens (including phenoxy) is 1. The van der Waals surface area contributed by atoms with Gasteiger partial charge in [-0.25, -0.2) is 4.85 Å². The molecule has 184 valence electrons. The SMILES string of the molecule is [C-]#[N+]c1ccc(-c2cccc(C(=O)N[C@@H](CO)C(=O)N[C@@H](CC(C)C)C(=O)[C@@]3(CO)CO3)c2)cc1. The molecule has 0 unspecified atom stereocenters. The molecule has 1 aliphatic heterocycles. The van der Waals surface area contributed by atoms with Crippen LogP contribution in [-0.2, 0) is 14.3 Å². The zero-order valence-corrected chi connectivity index (χ0v) is 19.7. The van der Waals surface area contributed by atoms with Gasteiger partial charge in [0.1, 0.15) is 6.04 Å². The highest BCUT2D eigenvalue weighted by atomic mass is 16.6. The van der Waals surface area contributed by atoms with Crippen LogP contribution in [0, 0.1) is 12.5 Å². The van der Waals surface area contributed by atoms with Crippen molar-refractivity contribution in [1.29, 1.82) is 0 Å². The number of nitrogens with zero attached hydrogens (tertiary/aromatic N) is 1. The van der Waals surface area contributed by atoms with Crippen molar-refractivity contribution in [3.63, 3.8) is 0 Å². The molecule has 0 spiro atoms. The molecular formula is C26H29N3O6. The van der Waals surface area contributed by atoms with E-state index in [9.17, 15) is 24.6 Å². The van der Waals surface area contributed by atoms with Crippen LogP contribution in [0.3, 0.4) is 0 Å². The van der Waals surface area contributed by atoms with Gasteiger partial charge < -0.3 is 25.6 Å². The summed E-state index contributed by atoms with van der Waals surface area (Å²) in [6.07, 6.45) is 0.316. The van der Waals surface area contributed by atoms with Gasteiger partial charge in [0, 0.05) is 5.56 Å². The molecule has 9 nitrogen and oxygen atoms in total. The molecule has 2 amide bonds. The Morgan fingerprint density at radius 3 is 2.29 bits per heavy atom. The normalized spacial score (nSPS) is 18.3. The van der Waals surface area contributed by atoms with Crippen LogP contribution in [0.15, 0.2) is 48.5 Å². The first-order valence-electron chi connectivity index (χ1n) is 11.3. The second-order valence-electron chi connectivity index (χ2n) is 8.94. The average Bonchev–Trinajstić information content (AvgIpc) is 3.67. The molecule has 0 radical (unpaired) electrons. The quantitative estimate of drug-likeness (QED) is 0.287. The molecular weight excluding hydrogens is 450 g/mol. The van der Waals surface area contributed by atoms with E-state index in [1.165, 1.54) is 0 Å². The van der Waals surface area contributed by atoms with Gasteiger partial charge in [-0.1, -0.05) is 50.2 Å². The van der Waals surface area contributed by atoms with Crippen molar-refractivity contribution in [3.05, 3.63) is 65.5 Å². The minimum atomic E-state index is -1.29. The van der Waals surface area contributed by atoms with Crippen LogP contribution >= 0.6 is 0 Å². The van der Waals surface area contributed by atoms with Crippen molar-refractivity contribution < 1.29 is 29.3 Å². The average molecular weight is 480 g/mol. The van der Waals surface area contributed by atoms with Gasteiger partial charge in [-0.15, -0.1) is 0 Å². The Kier molecular flexibility index (Phi) is 8.35. The Hall–Kier alpha value is -3.58. The number of epoxide rings is 1. The summed E-state index contributed by atoms with van der Waals surface area (Å²) in [6, 6.07) is 11.5. The molecule has 2 aromatic carbocycles. The molecule has 0 saturated carbocycles. The number of hydrogen-bond donors (Lipinski definition) is 4. The Balaban J connectivity index is 1.70. The number of carbonyl (C=O) groups is 3. The van der Waals surface area contributed by atoms with Crippen LogP contribution in [0.2, 0.25) is 0 Å². The monoisotopic (exact) mass is 479 g/mol. The van der Waals surface area contributed by atoms with Crippen LogP contribution in [0.4, 0.5) is 5.69 Å². The lowest BCUT2D eigenvalue weighted by Gasteiger charge is -2.24. The van der Waals surface area contributed by atoms with Crippen molar-refractivity contribution in [1.82, 2.24) is 10.6 Å². The number of benzene rings is 2. The summed E-state index contributed by atoms with van der Waals surface area (Å²) in [4.78, 5) is 41.9. The third kappa shape index (κ3) is 6.31. The maximum absolute atomic E-state index is 12.9. The Labute approximate surface area is 203 Å². The third-order valence-corrected chi connectivity index (χ3v) is 5.80. The molecule has 0 bridgehead atoms. The lowest BCUT2D eigenvalue weighted by molar-refractivity contribution is -0.133. The highest BCUT2D eigenvalue weighted by Crippen LogP contribution is 2.30. The van der Waals surface area contributed by atoms with Gasteiger partial charge in [0.25, 0.3) is 5.91 Å². The summed E-state index contributed by atoms with van der Waals surface area (Å²) in [6.45, 7) is 9.77. The molecule has 3 rings (SSSR count). The van der Waals surface area contributed by atoms with Crippen molar-refractivity contribution in [2.24, 2.45) is 5.92 Å². The van der Waals surface area contributed by atoms with Crippen LogP contribution < -0.4 is 10.6 Å². The largest absolute Gasteiger partial charge is 0.394 e. The summed E-state index contributed by atoms with van der Waals surface area (Å²) >= 11 is 0. The first kappa shape index (κ1) is 26.0. The minimum Gasteiger partial charge on any atom is -0.394 e. The fourth-order valence-electron chi connectivity index (χ4n) is 3.70. The van der Waals surface area contributed by atoms with Gasteiger partial charge in [0.2, 0.25) is 5.91 Å². The summed E-state index contributed by atoms with van der Waals surface area (Å²) < 4.78 is 5.14. The van der Waals surface area contributed by atoms with Crippen molar-refractivity contribution >= 4 is 23.3 Å². The van der Waals surface area contributed by atoms with Crippen LogP contribution in [0.5, 0.6) is 0 Å². The summed E-state index contributed by atoms with van der Waals surface area (Å²) in [5, 5.41) is 24.4. The maximum Gasteiger partial charge on any atom is 0.252 e. The molecule has 0 aliphatic carbocycles. The van der Waals surface area contributed by atoms with Crippen molar-refractivity contribution in [3.8, 4) is 11.1 Å². The van der Waals surface area contributed by atoms with E-state index in [0.29, 0.717) is 12.1 Å². The van der Waals surface area contributed by atoms with E-state index in [1.807, 2.05) is 19.9 Å². The Morgan fingerprint density at radius 1 is 1.06 bits per heavy atom. The number of nitrogens with one attached hydrogen (secondary N) is 2. The fraction of sp³-hybridized carbons (Fsp3) is 0.385. The first-order chi connectivity index (χ1) is 16.7. The summed E-state index contributed by atoms with van der Waals surface area (Å²) in [7, 11) is 0. The number of aliphatic hydroxyl groups excluding tert-OH is 2. The second-order valence-corrected chi connectivity index (χ2v) is 8.94. The molecule has 9 heteroatoms. The first-order valence-corrected chi connectivity index (χ1v) is 11.3. The lowest BCUT2D eigenvalue weighted by Crippen LogP contribution is -2.55. The number of Topliss-reactive ketones (excluding diaryl/α,β-unsaturated/α-hetero) is 1. The van der Waals surface area contributed by atoms with E-state index in [4.69, 9.17) is 11.3 Å². The van der Waals surface area contributed by atoms with Gasteiger partial charge in [-0.05, 0) is 35.6 Å². The van der Waals surface area contributed by atoms with Crippen molar-refractivity contribution in [2.75, 3.05) is 19.8 Å². The lowest BCUT2D eigenvalue weighted by atomic mass is 9.92. The standard InChI is InChI=1S/C26H29N3O6/c1-16(2)11-21(23(32)26(14-31)15-35-26)28-25(34)22(13-30)29-24(33)19-6-4-5-18(12-19)17-7-9-20(27-3)10-8-17/h4-10,12,16,21-22,30-31H,11,13-15H2,1-2H3,(H,28,34)(H,29,33)/t21-,22-,26+/m0/s1. The predicted molar refractivity (Wildman–Crippen MR) is 129 cm³/mol.